The Morgan fingerprint density at radius 1 is 1.38 bits per heavy atom. The van der Waals surface area contributed by atoms with Gasteiger partial charge in [-0.05, 0) is 5.92 Å². The summed E-state index contributed by atoms with van der Waals surface area (Å²) in [6, 6.07) is -0.647. The Balaban J connectivity index is 2.14. The summed E-state index contributed by atoms with van der Waals surface area (Å²) in [6.07, 6.45) is -3.78. The Labute approximate surface area is 120 Å². The van der Waals surface area contributed by atoms with Crippen LogP contribution in [0.2, 0.25) is 0 Å². The zero-order valence-corrected chi connectivity index (χ0v) is 11.9. The number of aromatic nitrogens is 3. The van der Waals surface area contributed by atoms with Gasteiger partial charge in [0.05, 0.1) is 12.6 Å². The monoisotopic (exact) mass is 305 g/mol. The van der Waals surface area contributed by atoms with Crippen LogP contribution in [0.4, 0.5) is 13.2 Å². The largest absolute Gasteiger partial charge is 0.451 e. The second-order valence-electron chi connectivity index (χ2n) is 5.26. The third kappa shape index (κ3) is 3.02. The van der Waals surface area contributed by atoms with Crippen LogP contribution in [-0.4, -0.2) is 38.2 Å². The first-order chi connectivity index (χ1) is 9.75. The Kier molecular flexibility index (Phi) is 4.22. The van der Waals surface area contributed by atoms with Crippen LogP contribution in [0.15, 0.2) is 0 Å². The lowest BCUT2D eigenvalue weighted by atomic mass is 9.98. The fraction of sp³-hybridized carbons (Fsp3) is 0.750. The van der Waals surface area contributed by atoms with Gasteiger partial charge in [0.15, 0.2) is 5.82 Å². The van der Waals surface area contributed by atoms with Crippen molar-refractivity contribution in [3.63, 3.8) is 0 Å². The number of carbonyl (C=O) groups excluding carboxylic acids is 1. The number of rotatable bonds is 3. The van der Waals surface area contributed by atoms with E-state index in [1.54, 1.807) is 0 Å². The summed E-state index contributed by atoms with van der Waals surface area (Å²) in [6.45, 7) is 4.01. The SMILES string of the molecule is CC[C@H](C)[C@H](N)C(=O)N1CCn2c(nnc2C(F)(F)F)C1. The molecule has 21 heavy (non-hydrogen) atoms. The van der Waals surface area contributed by atoms with E-state index < -0.39 is 18.0 Å². The number of hydrogen-bond acceptors (Lipinski definition) is 4. The molecule has 2 heterocycles. The molecule has 1 aliphatic heterocycles. The van der Waals surface area contributed by atoms with Gasteiger partial charge in [-0.2, -0.15) is 13.2 Å². The normalized spacial score (nSPS) is 18.3. The number of alkyl halides is 3. The maximum absolute atomic E-state index is 12.7. The molecule has 0 unspecified atom stereocenters. The number of carbonyl (C=O) groups is 1. The van der Waals surface area contributed by atoms with Gasteiger partial charge in [-0.3, -0.25) is 4.79 Å². The maximum Gasteiger partial charge on any atom is 0.451 e. The summed E-state index contributed by atoms with van der Waals surface area (Å²) in [4.78, 5) is 13.7. The van der Waals surface area contributed by atoms with E-state index in [9.17, 15) is 18.0 Å². The molecular formula is C12H18F3N5O. The summed E-state index contributed by atoms with van der Waals surface area (Å²) in [5, 5.41) is 6.72. The van der Waals surface area contributed by atoms with Crippen LogP contribution in [0.1, 0.15) is 31.9 Å². The first-order valence-corrected chi connectivity index (χ1v) is 6.79. The van der Waals surface area contributed by atoms with Crippen molar-refractivity contribution in [2.24, 2.45) is 11.7 Å². The predicted molar refractivity (Wildman–Crippen MR) is 67.9 cm³/mol. The lowest BCUT2D eigenvalue weighted by Crippen LogP contribution is -2.49. The number of amides is 1. The van der Waals surface area contributed by atoms with Gasteiger partial charge < -0.3 is 15.2 Å². The molecule has 2 atom stereocenters. The van der Waals surface area contributed by atoms with E-state index in [4.69, 9.17) is 5.73 Å². The van der Waals surface area contributed by atoms with Crippen LogP contribution in [0.25, 0.3) is 0 Å². The summed E-state index contributed by atoms with van der Waals surface area (Å²) < 4.78 is 39.2. The molecule has 2 N–H and O–H groups in total. The smallest absolute Gasteiger partial charge is 0.332 e. The molecule has 1 amide bonds. The summed E-state index contributed by atoms with van der Waals surface area (Å²) in [5.74, 6) is -1.12. The molecule has 6 nitrogen and oxygen atoms in total. The number of hydrogen-bond donors (Lipinski definition) is 1. The third-order valence-electron chi connectivity index (χ3n) is 3.86. The van der Waals surface area contributed by atoms with Crippen molar-refractivity contribution < 1.29 is 18.0 Å². The molecule has 0 aliphatic carbocycles. The Hall–Kier alpha value is -1.64. The number of halogens is 3. The van der Waals surface area contributed by atoms with Crippen molar-refractivity contribution in [3.05, 3.63) is 11.6 Å². The first kappa shape index (κ1) is 15.7. The van der Waals surface area contributed by atoms with Crippen molar-refractivity contribution in [1.29, 1.82) is 0 Å². The third-order valence-corrected chi connectivity index (χ3v) is 3.86. The van der Waals surface area contributed by atoms with Crippen LogP contribution in [0.3, 0.4) is 0 Å². The highest BCUT2D eigenvalue weighted by Crippen LogP contribution is 2.29. The van der Waals surface area contributed by atoms with E-state index in [2.05, 4.69) is 10.2 Å². The van der Waals surface area contributed by atoms with Gasteiger partial charge in [0.1, 0.15) is 0 Å². The second-order valence-corrected chi connectivity index (χ2v) is 5.26. The van der Waals surface area contributed by atoms with Crippen molar-refractivity contribution in [2.75, 3.05) is 6.54 Å². The van der Waals surface area contributed by atoms with Crippen molar-refractivity contribution >= 4 is 5.91 Å². The van der Waals surface area contributed by atoms with E-state index >= 15 is 0 Å². The molecule has 0 fully saturated rings. The molecule has 0 spiro atoms. The fourth-order valence-corrected chi connectivity index (χ4v) is 2.26. The molecule has 1 aromatic rings. The molecule has 1 aromatic heterocycles. The standard InChI is InChI=1S/C12H18F3N5O/c1-3-7(2)9(16)10(21)19-4-5-20-8(6-19)17-18-11(20)12(13,14)15/h7,9H,3-6,16H2,1-2H3/t7-,9-/m0/s1. The van der Waals surface area contributed by atoms with Crippen molar-refractivity contribution in [2.45, 2.75) is 45.6 Å². The number of nitrogens with two attached hydrogens (primary N) is 1. The molecule has 0 aromatic carbocycles. The Bertz CT molecular complexity index is 527. The van der Waals surface area contributed by atoms with Crippen LogP contribution < -0.4 is 5.73 Å². The minimum absolute atomic E-state index is 0.00600. The van der Waals surface area contributed by atoms with Gasteiger partial charge in [0.25, 0.3) is 0 Å². The molecule has 0 bridgehead atoms. The van der Waals surface area contributed by atoms with Gasteiger partial charge in [0, 0.05) is 13.1 Å². The van der Waals surface area contributed by atoms with E-state index in [1.165, 1.54) is 4.90 Å². The van der Waals surface area contributed by atoms with Gasteiger partial charge in [-0.15, -0.1) is 10.2 Å². The second kappa shape index (κ2) is 5.63. The summed E-state index contributed by atoms with van der Waals surface area (Å²) in [7, 11) is 0. The molecule has 2 rings (SSSR count). The van der Waals surface area contributed by atoms with Gasteiger partial charge in [-0.25, -0.2) is 0 Å². The summed E-state index contributed by atoms with van der Waals surface area (Å²) in [5.41, 5.74) is 5.88. The molecule has 0 saturated carbocycles. The van der Waals surface area contributed by atoms with Crippen molar-refractivity contribution in [3.8, 4) is 0 Å². The van der Waals surface area contributed by atoms with Crippen LogP contribution in [0, 0.1) is 5.92 Å². The number of fused-ring (bicyclic) bond motifs is 1. The van der Waals surface area contributed by atoms with Crippen LogP contribution >= 0.6 is 0 Å². The zero-order valence-electron chi connectivity index (χ0n) is 11.9. The predicted octanol–water partition coefficient (Wildman–Crippen LogP) is 1.01. The lowest BCUT2D eigenvalue weighted by molar-refractivity contribution is -0.148. The maximum atomic E-state index is 12.7. The molecule has 0 saturated heterocycles. The lowest BCUT2D eigenvalue weighted by Gasteiger charge is -2.31. The highest BCUT2D eigenvalue weighted by Gasteiger charge is 2.40. The van der Waals surface area contributed by atoms with Gasteiger partial charge in [-0.1, -0.05) is 20.3 Å². The Morgan fingerprint density at radius 2 is 2.05 bits per heavy atom. The average molecular weight is 305 g/mol. The van der Waals surface area contributed by atoms with Gasteiger partial charge >= 0.3 is 6.18 Å². The van der Waals surface area contributed by atoms with Crippen molar-refractivity contribution in [1.82, 2.24) is 19.7 Å². The van der Waals surface area contributed by atoms with E-state index in [0.717, 1.165) is 11.0 Å². The van der Waals surface area contributed by atoms with Crippen LogP contribution in [-0.2, 0) is 24.1 Å². The van der Waals surface area contributed by atoms with E-state index in [-0.39, 0.29) is 37.3 Å². The highest BCUT2D eigenvalue weighted by molar-refractivity contribution is 5.82. The highest BCUT2D eigenvalue weighted by atomic mass is 19.4. The molecule has 9 heteroatoms. The quantitative estimate of drug-likeness (QED) is 0.904. The molecule has 1 aliphatic rings. The summed E-state index contributed by atoms with van der Waals surface area (Å²) >= 11 is 0. The molecule has 0 radical (unpaired) electrons. The fourth-order valence-electron chi connectivity index (χ4n) is 2.26. The zero-order chi connectivity index (χ0) is 15.8. The average Bonchev–Trinajstić information content (AvgIpc) is 2.87. The molecular weight excluding hydrogens is 287 g/mol. The first-order valence-electron chi connectivity index (χ1n) is 6.79. The van der Waals surface area contributed by atoms with Gasteiger partial charge in [0.2, 0.25) is 11.7 Å². The number of nitrogens with zero attached hydrogens (tertiary/aromatic N) is 4. The van der Waals surface area contributed by atoms with E-state index in [1.807, 2.05) is 13.8 Å². The topological polar surface area (TPSA) is 77.0 Å². The molecule has 118 valence electrons. The Morgan fingerprint density at radius 3 is 2.62 bits per heavy atom. The minimum Gasteiger partial charge on any atom is -0.332 e. The van der Waals surface area contributed by atoms with E-state index in [0.29, 0.717) is 0 Å². The van der Waals surface area contributed by atoms with Crippen LogP contribution in [0.5, 0.6) is 0 Å². The minimum atomic E-state index is -4.54.